The molecule has 29 heavy (non-hydrogen) atoms. The molecule has 4 rings (SSSR count). The molecule has 0 spiro atoms. The Morgan fingerprint density at radius 1 is 1.10 bits per heavy atom. The van der Waals surface area contributed by atoms with Gasteiger partial charge in [-0.25, -0.2) is 8.42 Å². The smallest absolute Gasteiger partial charge is 0.266 e. The van der Waals surface area contributed by atoms with Crippen LogP contribution in [-0.2, 0) is 26.0 Å². The van der Waals surface area contributed by atoms with Crippen LogP contribution in [0.4, 0.5) is 5.69 Å². The highest BCUT2D eigenvalue weighted by Gasteiger charge is 2.37. The summed E-state index contributed by atoms with van der Waals surface area (Å²) in [6.45, 7) is 0.296. The van der Waals surface area contributed by atoms with Gasteiger partial charge in [0.05, 0.1) is 23.6 Å². The highest BCUT2D eigenvalue weighted by Crippen LogP contribution is 2.30. The maximum atomic E-state index is 13.1. The quantitative estimate of drug-likeness (QED) is 0.808. The molecule has 8 heteroatoms. The number of benzene rings is 2. The van der Waals surface area contributed by atoms with Crippen LogP contribution >= 0.6 is 0 Å². The Morgan fingerprint density at radius 2 is 1.83 bits per heavy atom. The first-order valence-corrected chi connectivity index (χ1v) is 11.3. The van der Waals surface area contributed by atoms with Gasteiger partial charge in [-0.15, -0.1) is 0 Å². The third-order valence-electron chi connectivity index (χ3n) is 5.23. The van der Waals surface area contributed by atoms with E-state index in [4.69, 9.17) is 4.74 Å². The molecule has 2 atom stereocenters. The van der Waals surface area contributed by atoms with E-state index in [9.17, 15) is 18.0 Å². The highest BCUT2D eigenvalue weighted by atomic mass is 32.2. The van der Waals surface area contributed by atoms with E-state index < -0.39 is 22.0 Å². The largest absolute Gasteiger partial charge is 0.478 e. The lowest BCUT2D eigenvalue weighted by molar-refractivity contribution is -0.139. The lowest BCUT2D eigenvalue weighted by atomic mass is 10.1. The predicted octanol–water partition coefficient (Wildman–Crippen LogP) is 1.99. The summed E-state index contributed by atoms with van der Waals surface area (Å²) in [5.74, 6) is -0.134. The fourth-order valence-electron chi connectivity index (χ4n) is 3.73. The number of ether oxygens (including phenoxy) is 1. The lowest BCUT2D eigenvalue weighted by Crippen LogP contribution is -2.45. The van der Waals surface area contributed by atoms with E-state index in [0.717, 1.165) is 5.56 Å². The second-order valence-electron chi connectivity index (χ2n) is 7.36. The minimum atomic E-state index is -3.15. The standard InChI is InChI=1S/C21H22N2O5S/c24-20(12-19-21(25)22-17-8-4-5-9-18(17)28-19)23(13-15-6-2-1-3-7-15)16-10-11-29(26,27)14-16/h1-9,16,19H,10-14H2,(H,22,25)/t16-,19-/m1/s1. The zero-order valence-electron chi connectivity index (χ0n) is 15.8. The Balaban J connectivity index is 1.53. The molecule has 0 aliphatic carbocycles. The van der Waals surface area contributed by atoms with Crippen LogP contribution < -0.4 is 10.1 Å². The summed E-state index contributed by atoms with van der Waals surface area (Å²) in [6.07, 6.45) is -0.695. The normalized spacial score (nSPS) is 22.3. The summed E-state index contributed by atoms with van der Waals surface area (Å²) in [6, 6.07) is 16.1. The highest BCUT2D eigenvalue weighted by molar-refractivity contribution is 7.91. The third kappa shape index (κ3) is 4.42. The molecule has 1 fully saturated rings. The van der Waals surface area contributed by atoms with E-state index in [1.807, 2.05) is 30.3 Å². The van der Waals surface area contributed by atoms with E-state index >= 15 is 0 Å². The molecule has 2 heterocycles. The van der Waals surface area contributed by atoms with Gasteiger partial charge in [0.1, 0.15) is 5.75 Å². The van der Waals surface area contributed by atoms with Gasteiger partial charge in [0.15, 0.2) is 15.9 Å². The average molecular weight is 414 g/mol. The van der Waals surface area contributed by atoms with Crippen molar-refractivity contribution in [2.45, 2.75) is 31.5 Å². The predicted molar refractivity (Wildman–Crippen MR) is 108 cm³/mol. The van der Waals surface area contributed by atoms with Gasteiger partial charge in [-0.1, -0.05) is 42.5 Å². The van der Waals surface area contributed by atoms with Crippen LogP contribution in [0.1, 0.15) is 18.4 Å². The van der Waals surface area contributed by atoms with Crippen molar-refractivity contribution in [1.29, 1.82) is 0 Å². The average Bonchev–Trinajstić information content (AvgIpc) is 3.07. The molecular weight excluding hydrogens is 392 g/mol. The zero-order chi connectivity index (χ0) is 20.4. The fourth-order valence-corrected chi connectivity index (χ4v) is 5.46. The van der Waals surface area contributed by atoms with Gasteiger partial charge in [0.25, 0.3) is 5.91 Å². The Labute approximate surface area is 169 Å². The molecule has 0 radical (unpaired) electrons. The number of fused-ring (bicyclic) bond motifs is 1. The summed E-state index contributed by atoms with van der Waals surface area (Å²) >= 11 is 0. The number of rotatable bonds is 5. The Hall–Kier alpha value is -2.87. The molecule has 2 aliphatic heterocycles. The SMILES string of the molecule is O=C1Nc2ccccc2O[C@@H]1CC(=O)N(Cc1ccccc1)[C@@H]1CCS(=O)(=O)C1. The van der Waals surface area contributed by atoms with Crippen molar-refractivity contribution in [1.82, 2.24) is 4.90 Å². The molecule has 0 bridgehead atoms. The van der Waals surface area contributed by atoms with E-state index in [2.05, 4.69) is 5.32 Å². The molecule has 0 unspecified atom stereocenters. The van der Waals surface area contributed by atoms with E-state index in [1.54, 1.807) is 29.2 Å². The maximum Gasteiger partial charge on any atom is 0.266 e. The Kier molecular flexibility index (Phi) is 5.27. The van der Waals surface area contributed by atoms with Crippen LogP contribution in [0.15, 0.2) is 54.6 Å². The van der Waals surface area contributed by atoms with E-state index in [0.29, 0.717) is 24.4 Å². The van der Waals surface area contributed by atoms with Gasteiger partial charge in [-0.05, 0) is 24.1 Å². The molecule has 1 saturated heterocycles. The minimum Gasteiger partial charge on any atom is -0.478 e. The molecule has 2 aromatic carbocycles. The summed E-state index contributed by atoms with van der Waals surface area (Å²) in [4.78, 5) is 27.1. The van der Waals surface area contributed by atoms with Crippen molar-refractivity contribution in [3.8, 4) is 5.75 Å². The maximum absolute atomic E-state index is 13.1. The van der Waals surface area contributed by atoms with Crippen LogP contribution in [0, 0.1) is 0 Å². The number of carbonyl (C=O) groups is 2. The van der Waals surface area contributed by atoms with Gasteiger partial charge in [0, 0.05) is 12.6 Å². The van der Waals surface area contributed by atoms with E-state index in [-0.39, 0.29) is 29.7 Å². The number of carbonyl (C=O) groups excluding carboxylic acids is 2. The van der Waals surface area contributed by atoms with Crippen molar-refractivity contribution >= 4 is 27.3 Å². The first-order valence-electron chi connectivity index (χ1n) is 9.52. The first-order chi connectivity index (χ1) is 13.9. The number of amides is 2. The second kappa shape index (κ2) is 7.87. The van der Waals surface area contributed by atoms with Gasteiger partial charge in [0.2, 0.25) is 5.91 Å². The molecular formula is C21H22N2O5S. The summed E-state index contributed by atoms with van der Waals surface area (Å²) < 4.78 is 29.7. The number of nitrogens with one attached hydrogen (secondary N) is 1. The van der Waals surface area contributed by atoms with Crippen molar-refractivity contribution in [2.75, 3.05) is 16.8 Å². The summed E-state index contributed by atoms with van der Waals surface area (Å²) in [7, 11) is -3.15. The van der Waals surface area contributed by atoms with Gasteiger partial charge in [-0.2, -0.15) is 0 Å². The number of hydrogen-bond donors (Lipinski definition) is 1. The summed E-state index contributed by atoms with van der Waals surface area (Å²) in [5, 5.41) is 2.76. The number of para-hydroxylation sites is 2. The van der Waals surface area contributed by atoms with Crippen LogP contribution in [0.2, 0.25) is 0 Å². The van der Waals surface area contributed by atoms with Crippen LogP contribution in [-0.4, -0.2) is 48.8 Å². The number of anilines is 1. The third-order valence-corrected chi connectivity index (χ3v) is 6.98. The van der Waals surface area contributed by atoms with Crippen molar-refractivity contribution in [3.63, 3.8) is 0 Å². The monoisotopic (exact) mass is 414 g/mol. The lowest BCUT2D eigenvalue weighted by Gasteiger charge is -2.31. The number of hydrogen-bond acceptors (Lipinski definition) is 5. The molecule has 152 valence electrons. The molecule has 0 saturated carbocycles. The Morgan fingerprint density at radius 3 is 2.55 bits per heavy atom. The Bertz CT molecular complexity index is 1020. The molecule has 2 aliphatic rings. The second-order valence-corrected chi connectivity index (χ2v) is 9.59. The van der Waals surface area contributed by atoms with Crippen molar-refractivity contribution in [3.05, 3.63) is 60.2 Å². The zero-order valence-corrected chi connectivity index (χ0v) is 16.6. The number of nitrogens with zero attached hydrogens (tertiary/aromatic N) is 1. The molecule has 2 amide bonds. The van der Waals surface area contributed by atoms with Gasteiger partial charge in [-0.3, -0.25) is 9.59 Å². The fraction of sp³-hybridized carbons (Fsp3) is 0.333. The van der Waals surface area contributed by atoms with E-state index in [1.165, 1.54) is 0 Å². The van der Waals surface area contributed by atoms with Crippen LogP contribution in [0.5, 0.6) is 5.75 Å². The molecule has 2 aromatic rings. The van der Waals surface area contributed by atoms with Crippen molar-refractivity contribution in [2.24, 2.45) is 0 Å². The van der Waals surface area contributed by atoms with Crippen LogP contribution in [0.3, 0.4) is 0 Å². The topological polar surface area (TPSA) is 92.8 Å². The molecule has 1 N–H and O–H groups in total. The van der Waals surface area contributed by atoms with Gasteiger partial charge < -0.3 is 15.0 Å². The number of sulfone groups is 1. The summed E-state index contributed by atoms with van der Waals surface area (Å²) in [5.41, 5.74) is 1.48. The van der Waals surface area contributed by atoms with Gasteiger partial charge >= 0.3 is 0 Å². The minimum absolute atomic E-state index is 0.0495. The first kappa shape index (κ1) is 19.4. The molecule has 0 aromatic heterocycles. The van der Waals surface area contributed by atoms with Crippen LogP contribution in [0.25, 0.3) is 0 Å². The molecule has 7 nitrogen and oxygen atoms in total. The van der Waals surface area contributed by atoms with Crippen molar-refractivity contribution < 1.29 is 22.7 Å².